The van der Waals surface area contributed by atoms with E-state index in [4.69, 9.17) is 0 Å². The molecule has 0 radical (unpaired) electrons. The molecule has 1 aromatic heterocycles. The minimum absolute atomic E-state index is 0. The fourth-order valence-electron chi connectivity index (χ4n) is 3.73. The minimum Gasteiger partial charge on any atom is -1.00 e. The maximum absolute atomic E-state index is 9.59. The fraction of sp³-hybridized carbons (Fsp3) is 0.292. The molecule has 0 unspecified atom stereocenters. The number of aliphatic hydroxyl groups excluding tert-OH is 2. The summed E-state index contributed by atoms with van der Waals surface area (Å²) in [5.41, 5.74) is 5.91. The lowest BCUT2D eigenvalue weighted by Gasteiger charge is -2.19. The molecule has 0 spiro atoms. The molecule has 2 aromatic carbocycles. The highest BCUT2D eigenvalue weighted by molar-refractivity contribution is 8.03. The third-order valence-electron chi connectivity index (χ3n) is 5.12. The van der Waals surface area contributed by atoms with Crippen LogP contribution in [0.15, 0.2) is 58.0 Å². The topological polar surface area (TPSA) is 47.6 Å². The summed E-state index contributed by atoms with van der Waals surface area (Å²) in [7, 11) is 0. The number of thiazole rings is 1. The molecule has 0 aliphatic carbocycles. The molecule has 0 fully saturated rings. The number of hydrogen-bond donors (Lipinski definition) is 2. The van der Waals surface area contributed by atoms with Crippen LogP contribution in [0.25, 0.3) is 16.3 Å². The Kier molecular flexibility index (Phi) is 7.99. The van der Waals surface area contributed by atoms with E-state index >= 15 is 0 Å². The van der Waals surface area contributed by atoms with Crippen LogP contribution in [0.3, 0.4) is 0 Å². The van der Waals surface area contributed by atoms with Crippen molar-refractivity contribution in [2.45, 2.75) is 32.2 Å². The second-order valence-corrected chi connectivity index (χ2v) is 9.73. The van der Waals surface area contributed by atoms with E-state index in [2.05, 4.69) is 78.8 Å². The first-order valence-electron chi connectivity index (χ1n) is 10.1. The number of fused-ring (bicyclic) bond motifs is 2. The van der Waals surface area contributed by atoms with Crippen molar-refractivity contribution in [1.29, 1.82) is 0 Å². The zero-order chi connectivity index (χ0) is 21.3. The molecule has 2 N–H and O–H groups in total. The lowest BCUT2D eigenvalue weighted by Crippen LogP contribution is -3.00. The Morgan fingerprint density at radius 1 is 1.06 bits per heavy atom. The molecule has 4 nitrogen and oxygen atoms in total. The highest BCUT2D eigenvalue weighted by Gasteiger charge is 2.25. The van der Waals surface area contributed by atoms with E-state index in [1.807, 2.05) is 0 Å². The number of aliphatic hydroxyl groups is 2. The Labute approximate surface area is 202 Å². The van der Waals surface area contributed by atoms with Crippen LogP contribution in [0.1, 0.15) is 23.1 Å². The summed E-state index contributed by atoms with van der Waals surface area (Å²) in [6.45, 7) is 7.68. The number of halogens is 1. The highest BCUT2D eigenvalue weighted by Crippen LogP contribution is 2.46. The molecule has 1 aliphatic heterocycles. The molecule has 4 rings (SSSR count). The summed E-state index contributed by atoms with van der Waals surface area (Å²) in [5.74, 6) is 0. The average molecular weight is 520 g/mol. The van der Waals surface area contributed by atoms with Gasteiger partial charge in [-0.05, 0) is 61.7 Å². The molecule has 0 amide bonds. The molecule has 0 saturated carbocycles. The molecule has 0 saturated heterocycles. The average Bonchev–Trinajstić information content (AvgIpc) is 3.20. The number of thioether (sulfide) groups is 1. The smallest absolute Gasteiger partial charge is 0.263 e. The molecule has 7 heteroatoms. The van der Waals surface area contributed by atoms with Crippen molar-refractivity contribution in [3.8, 4) is 0 Å². The normalized spacial score (nSPS) is 14.9. The molecule has 0 atom stereocenters. The van der Waals surface area contributed by atoms with Gasteiger partial charge in [0.15, 0.2) is 6.54 Å². The number of allylic oxidation sites excluding steroid dienone is 2. The predicted octanol–water partition coefficient (Wildman–Crippen LogP) is 1.65. The first kappa shape index (κ1) is 24.0. The van der Waals surface area contributed by atoms with Gasteiger partial charge >= 0.3 is 0 Å². The van der Waals surface area contributed by atoms with Gasteiger partial charge in [-0.3, -0.25) is 0 Å². The van der Waals surface area contributed by atoms with Gasteiger partial charge in [0.05, 0.1) is 17.3 Å². The van der Waals surface area contributed by atoms with Crippen LogP contribution in [-0.2, 0) is 6.54 Å². The molecule has 1 aliphatic rings. The lowest BCUT2D eigenvalue weighted by molar-refractivity contribution is -0.670. The number of hydrogen-bond acceptors (Lipinski definition) is 5. The number of benzene rings is 2. The van der Waals surface area contributed by atoms with Crippen molar-refractivity contribution in [3.63, 3.8) is 0 Å². The maximum Gasteiger partial charge on any atom is 0.263 e. The van der Waals surface area contributed by atoms with Gasteiger partial charge in [0, 0.05) is 23.6 Å². The lowest BCUT2D eigenvalue weighted by atomic mass is 10.2. The standard InChI is InChI=1S/C24H27N2O2S2.BrH/c1-16-4-6-21-19(12-16)25(8-10-27)23(29-21)14-18(3)15-24-26(9-11-28)20-13-17(2)5-7-22(20)30-24;/h4-7,12-15,27-28H,8-11H2,1-3H3;1H/q+1;/p-1. The van der Waals surface area contributed by atoms with E-state index in [9.17, 15) is 10.2 Å². The van der Waals surface area contributed by atoms with Gasteiger partial charge in [-0.25, -0.2) is 0 Å². The van der Waals surface area contributed by atoms with E-state index in [1.54, 1.807) is 23.1 Å². The Bertz CT molecular complexity index is 1150. The summed E-state index contributed by atoms with van der Waals surface area (Å²) in [4.78, 5) is 3.42. The zero-order valence-electron chi connectivity index (χ0n) is 17.9. The third-order valence-corrected chi connectivity index (χ3v) is 7.35. The molecular formula is C24H27BrN2O2S2. The molecule has 31 heavy (non-hydrogen) atoms. The summed E-state index contributed by atoms with van der Waals surface area (Å²) >= 11 is 3.49. The van der Waals surface area contributed by atoms with E-state index < -0.39 is 0 Å². The zero-order valence-corrected chi connectivity index (χ0v) is 21.1. The van der Waals surface area contributed by atoms with Crippen molar-refractivity contribution < 1.29 is 31.8 Å². The second kappa shape index (κ2) is 10.3. The Morgan fingerprint density at radius 2 is 1.81 bits per heavy atom. The number of anilines is 1. The van der Waals surface area contributed by atoms with Crippen molar-refractivity contribution in [2.24, 2.45) is 0 Å². The van der Waals surface area contributed by atoms with E-state index in [-0.39, 0.29) is 30.2 Å². The molecule has 164 valence electrons. The monoisotopic (exact) mass is 518 g/mol. The Hall–Kier alpha value is -1.64. The van der Waals surface area contributed by atoms with Crippen molar-refractivity contribution in [1.82, 2.24) is 0 Å². The first-order chi connectivity index (χ1) is 14.5. The summed E-state index contributed by atoms with van der Waals surface area (Å²) < 4.78 is 3.42. The molecule has 3 aromatic rings. The number of rotatable bonds is 6. The quantitative estimate of drug-likeness (QED) is 0.487. The third kappa shape index (κ3) is 5.07. The van der Waals surface area contributed by atoms with Crippen LogP contribution in [0, 0.1) is 13.8 Å². The Morgan fingerprint density at radius 3 is 2.55 bits per heavy atom. The number of β-amino-alcohol motifs (C(OH)–C–C–N with tert-alkyl or cyclic N) is 1. The summed E-state index contributed by atoms with van der Waals surface area (Å²) in [6, 6.07) is 12.9. The largest absolute Gasteiger partial charge is 1.00 e. The SMILES string of the molecule is CC(/C=C1\Sc2ccc(C)cc2N1CCO)=C\c1sc2ccc(C)cc2[n+]1CCO.[Br-]. The minimum atomic E-state index is 0. The fourth-order valence-corrected chi connectivity index (χ4v) is 6.09. The van der Waals surface area contributed by atoms with E-state index in [1.165, 1.54) is 31.9 Å². The molecular weight excluding hydrogens is 492 g/mol. The van der Waals surface area contributed by atoms with Crippen molar-refractivity contribution in [3.05, 3.63) is 69.2 Å². The summed E-state index contributed by atoms with van der Waals surface area (Å²) in [5, 5.41) is 21.4. The van der Waals surface area contributed by atoms with Gasteiger partial charge in [-0.15, -0.1) is 0 Å². The van der Waals surface area contributed by atoms with Crippen LogP contribution in [0.5, 0.6) is 0 Å². The van der Waals surface area contributed by atoms with Crippen LogP contribution in [-0.4, -0.2) is 30.0 Å². The number of aromatic nitrogens is 1. The predicted molar refractivity (Wildman–Crippen MR) is 127 cm³/mol. The maximum atomic E-state index is 9.59. The van der Waals surface area contributed by atoms with Gasteiger partial charge in [0.2, 0.25) is 5.52 Å². The van der Waals surface area contributed by atoms with Crippen molar-refractivity contribution >= 4 is 45.1 Å². The van der Waals surface area contributed by atoms with Gasteiger partial charge in [0.1, 0.15) is 11.3 Å². The first-order valence-corrected chi connectivity index (χ1v) is 11.7. The Balaban J connectivity index is 0.00000272. The van der Waals surface area contributed by atoms with Gasteiger partial charge in [-0.2, -0.15) is 4.57 Å². The molecule has 0 bridgehead atoms. The number of nitrogens with zero attached hydrogens (tertiary/aromatic N) is 2. The van der Waals surface area contributed by atoms with E-state index in [0.29, 0.717) is 13.1 Å². The van der Waals surface area contributed by atoms with Crippen LogP contribution in [0.2, 0.25) is 0 Å². The van der Waals surface area contributed by atoms with Crippen LogP contribution in [0.4, 0.5) is 5.69 Å². The highest BCUT2D eigenvalue weighted by atomic mass is 79.9. The molecule has 2 heterocycles. The van der Waals surface area contributed by atoms with Gasteiger partial charge in [0.25, 0.3) is 5.01 Å². The van der Waals surface area contributed by atoms with Gasteiger partial charge < -0.3 is 32.1 Å². The van der Waals surface area contributed by atoms with Gasteiger partial charge in [-0.1, -0.05) is 35.2 Å². The van der Waals surface area contributed by atoms with Crippen LogP contribution < -0.4 is 26.4 Å². The second-order valence-electron chi connectivity index (χ2n) is 7.61. The number of aryl methyl sites for hydroxylation is 2. The van der Waals surface area contributed by atoms with Crippen molar-refractivity contribution in [2.75, 3.05) is 24.7 Å². The van der Waals surface area contributed by atoms with Crippen LogP contribution >= 0.6 is 23.1 Å². The summed E-state index contributed by atoms with van der Waals surface area (Å²) in [6.07, 6.45) is 4.38. The van der Waals surface area contributed by atoms with E-state index in [0.717, 1.165) is 15.6 Å².